The number of phenols is 2. The molecule has 5 rings (SSSR count). The normalized spacial score (nSPS) is 14.7. The van der Waals surface area contributed by atoms with Crippen LogP contribution < -0.4 is 31.3 Å². The van der Waals surface area contributed by atoms with Gasteiger partial charge in [0.1, 0.15) is 17.2 Å². The van der Waals surface area contributed by atoms with Gasteiger partial charge in [-0.15, -0.1) is 0 Å². The molecule has 11 N–H and O–H groups in total. The van der Waals surface area contributed by atoms with Crippen LogP contribution in [0.3, 0.4) is 0 Å². The maximum atomic E-state index is 12.9. The number of carboxylic acid groups (broad SMARTS) is 4. The number of aromatic hydroxyl groups is 2. The van der Waals surface area contributed by atoms with E-state index in [0.717, 1.165) is 5.56 Å². The van der Waals surface area contributed by atoms with Crippen molar-refractivity contribution < 1.29 is 95.2 Å². The first kappa shape index (κ1) is 66.2. The molecule has 0 bridgehead atoms. The second-order valence-corrected chi connectivity index (χ2v) is 19.2. The third-order valence-electron chi connectivity index (χ3n) is 12.1. The molecular weight excluding hydrogens is 1150 g/mol. The quantitative estimate of drug-likeness (QED) is 0.0302. The minimum absolute atomic E-state index is 0. The van der Waals surface area contributed by atoms with E-state index in [9.17, 15) is 69.0 Å². The number of ether oxygens (including phenoxy) is 2. The van der Waals surface area contributed by atoms with E-state index >= 15 is 0 Å². The molecule has 28 heteroatoms. The summed E-state index contributed by atoms with van der Waals surface area (Å²) in [6.07, 6.45) is 0.672. The molecule has 1 aliphatic heterocycles. The number of hydrogen-bond donors (Lipinski definition) is 11. The minimum Gasteiger partial charge on any atom is -0.508 e. The number of benzene rings is 4. The number of halogens is 2. The molecule has 1 saturated heterocycles. The Labute approximate surface area is 486 Å². The number of nitrogens with one attached hydrogen (secondary N) is 5. The predicted octanol–water partition coefficient (Wildman–Crippen LogP) is 2.73. The number of urea groups is 1. The number of hydrogen-bond acceptors (Lipinski definition) is 16. The zero-order valence-corrected chi connectivity index (χ0v) is 46.3. The minimum atomic E-state index is -1.13. The molecule has 1 unspecified atom stereocenters. The van der Waals surface area contributed by atoms with E-state index in [2.05, 4.69) is 26.6 Å². The van der Waals surface area contributed by atoms with Crippen LogP contribution in [0.4, 0.5) is 10.5 Å². The molecule has 4 aromatic rings. The monoisotopic (exact) mass is 1210 g/mol. The first-order chi connectivity index (χ1) is 38.2. The average Bonchev–Trinajstić information content (AvgIpc) is 3.38. The largest absolute Gasteiger partial charge is 0.508 e. The van der Waals surface area contributed by atoms with Crippen LogP contribution in [0.2, 0.25) is 10.0 Å². The van der Waals surface area contributed by atoms with E-state index in [1.165, 1.54) is 49.0 Å². The number of rotatable bonds is 27. The summed E-state index contributed by atoms with van der Waals surface area (Å²) >= 11 is 12.7. The van der Waals surface area contributed by atoms with Crippen LogP contribution in [0.25, 0.3) is 0 Å². The third kappa shape index (κ3) is 24.2. The number of carbonyl (C=O) groups excluding carboxylic acids is 4. The number of phenolic OH excluding ortho intramolecular Hbond substituents is 2. The Bertz CT molecular complexity index is 2780. The van der Waals surface area contributed by atoms with Gasteiger partial charge in [-0.1, -0.05) is 54.0 Å². The van der Waals surface area contributed by atoms with Gasteiger partial charge >= 0.3 is 29.9 Å². The predicted molar refractivity (Wildman–Crippen MR) is 291 cm³/mol. The van der Waals surface area contributed by atoms with Gasteiger partial charge in [0, 0.05) is 118 Å². The van der Waals surface area contributed by atoms with Gasteiger partial charge in [0.15, 0.2) is 0 Å². The Kier molecular flexibility index (Phi) is 27.9. The van der Waals surface area contributed by atoms with Crippen LogP contribution in [0.15, 0.2) is 78.9 Å². The molecule has 441 valence electrons. The van der Waals surface area contributed by atoms with Crippen molar-refractivity contribution in [3.63, 3.8) is 0 Å². The summed E-state index contributed by atoms with van der Waals surface area (Å²) in [4.78, 5) is 105. The van der Waals surface area contributed by atoms with Crippen LogP contribution >= 0.6 is 23.2 Å². The Morgan fingerprint density at radius 1 is 0.605 bits per heavy atom. The summed E-state index contributed by atoms with van der Waals surface area (Å²) in [5.74, 6) is -6.22. The number of aliphatic carboxylic acids is 4. The van der Waals surface area contributed by atoms with Crippen molar-refractivity contribution >= 4 is 76.5 Å². The van der Waals surface area contributed by atoms with E-state index < -0.39 is 60.2 Å². The number of anilines is 1. The summed E-state index contributed by atoms with van der Waals surface area (Å²) in [6, 6.07) is 18.6. The maximum Gasteiger partial charge on any atom is 0.319 e. The summed E-state index contributed by atoms with van der Waals surface area (Å²) in [5.41, 5.74) is 1.92. The van der Waals surface area contributed by atoms with E-state index in [0.29, 0.717) is 17.7 Å². The van der Waals surface area contributed by atoms with Crippen molar-refractivity contribution in [2.24, 2.45) is 0 Å². The van der Waals surface area contributed by atoms with Crippen LogP contribution in [0.5, 0.6) is 17.2 Å². The first-order valence-corrected chi connectivity index (χ1v) is 25.9. The summed E-state index contributed by atoms with van der Waals surface area (Å²) < 4.78 is 11.3. The van der Waals surface area contributed by atoms with Gasteiger partial charge in [-0.05, 0) is 66.1 Å². The zero-order valence-electron chi connectivity index (χ0n) is 43.7. The average molecular weight is 1210 g/mol. The fraction of sp³-hybridized carbons (Fsp3) is 0.377. The molecular formula is C53H64Cl2CoN9O16-. The SMILES string of the molecule is O=C(O)CN1CCN(CC(=O)O)CCN(CC(=O)O)C(Cc2ccc(NC(=O)NCCOCCCOc3cc(O)cc(C(=O)NC[CH-]NC(=O)c4c(Cl)cc(C(=O)NCc5cccc(O)c5)cc4Cl)c3)cc2)CN(CC(=O)O)CC1.[Co]. The van der Waals surface area contributed by atoms with Crippen molar-refractivity contribution in [1.29, 1.82) is 0 Å². The van der Waals surface area contributed by atoms with E-state index in [-0.39, 0.29) is 172 Å². The Hall–Kier alpha value is -7.27. The standard InChI is InChI=1S/C53H64Cl2N9O16.Co/c54-43-25-37(51(76)59-28-35-3-1-4-40(65)22-35)26-44(55)49(43)52(77)57-10-9-56-50(75)36-23-41(66)27-42(24-36)80-19-2-18-79-20-11-58-53(78)60-38-7-5-34(6-8-38)21-39-29-63(32-47(71)72)15-14-61(30-45(67)68)12-13-62(31-46(69)70)16-17-64(39)33-48(73)74;/h1,3-8,10,22-27,39,65-66H,2,9,11-21,28-33H2,(H,56,75)(H,57,77)(H,59,76)(H,67,68)(H,69,70)(H,71,72)(H,73,74)(H2,58,60,78);/q-1;. The second kappa shape index (κ2) is 34.1. The van der Waals surface area contributed by atoms with Crippen molar-refractivity contribution in [2.45, 2.75) is 25.4 Å². The summed E-state index contributed by atoms with van der Waals surface area (Å²) in [5, 5.41) is 71.6. The molecule has 1 atom stereocenters. The van der Waals surface area contributed by atoms with Crippen LogP contribution in [0.1, 0.15) is 48.6 Å². The van der Waals surface area contributed by atoms with Gasteiger partial charge < -0.3 is 66.7 Å². The van der Waals surface area contributed by atoms with Crippen LogP contribution in [-0.4, -0.2) is 209 Å². The Balaban J connectivity index is 0.0000141. The number of carbonyl (C=O) groups is 8. The Morgan fingerprint density at radius 2 is 1.20 bits per heavy atom. The molecule has 1 heterocycles. The molecule has 81 heavy (non-hydrogen) atoms. The number of nitrogens with zero attached hydrogens (tertiary/aromatic N) is 4. The summed E-state index contributed by atoms with van der Waals surface area (Å²) in [7, 11) is 0. The van der Waals surface area contributed by atoms with Crippen molar-refractivity contribution in [1.82, 2.24) is 40.9 Å². The molecule has 4 aromatic carbocycles. The van der Waals surface area contributed by atoms with Gasteiger partial charge in [0.05, 0.1) is 55.0 Å². The molecule has 0 spiro atoms. The van der Waals surface area contributed by atoms with E-state index in [1.54, 1.807) is 56.0 Å². The van der Waals surface area contributed by atoms with Gasteiger partial charge in [0.2, 0.25) is 11.8 Å². The van der Waals surface area contributed by atoms with E-state index in [1.807, 2.05) is 0 Å². The fourth-order valence-electron chi connectivity index (χ4n) is 8.35. The van der Waals surface area contributed by atoms with Crippen molar-refractivity contribution in [2.75, 3.05) is 110 Å². The molecule has 0 aliphatic carbocycles. The summed E-state index contributed by atoms with van der Waals surface area (Å²) in [6.45, 7) is 1.57. The topological polar surface area (TPSA) is 350 Å². The van der Waals surface area contributed by atoms with Gasteiger partial charge in [-0.25, -0.2) is 11.3 Å². The molecule has 5 amide bonds. The smallest absolute Gasteiger partial charge is 0.319 e. The maximum absolute atomic E-state index is 12.9. The zero-order chi connectivity index (χ0) is 58.1. The fourth-order valence-corrected chi connectivity index (χ4v) is 9.01. The van der Waals surface area contributed by atoms with Crippen molar-refractivity contribution in [3.8, 4) is 17.2 Å². The molecule has 25 nitrogen and oxygen atoms in total. The van der Waals surface area contributed by atoms with Crippen LogP contribution in [-0.2, 0) is 53.7 Å². The molecule has 1 fully saturated rings. The van der Waals surface area contributed by atoms with Gasteiger partial charge in [-0.3, -0.25) is 53.2 Å². The van der Waals surface area contributed by atoms with Gasteiger partial charge in [0.25, 0.3) is 5.91 Å². The number of amides is 5. The molecule has 0 saturated carbocycles. The molecule has 1 aliphatic rings. The van der Waals surface area contributed by atoms with Gasteiger partial charge in [-0.2, -0.15) is 0 Å². The van der Waals surface area contributed by atoms with Crippen LogP contribution in [0, 0.1) is 6.54 Å². The number of carboxylic acids is 4. The van der Waals surface area contributed by atoms with Crippen molar-refractivity contribution in [3.05, 3.63) is 123 Å². The molecule has 1 radical (unpaired) electrons. The molecule has 0 aromatic heterocycles. The Morgan fingerprint density at radius 3 is 1.83 bits per heavy atom. The second-order valence-electron chi connectivity index (χ2n) is 18.4. The third-order valence-corrected chi connectivity index (χ3v) is 12.7. The van der Waals surface area contributed by atoms with E-state index in [4.69, 9.17) is 32.7 Å². The first-order valence-electron chi connectivity index (χ1n) is 25.1.